The van der Waals surface area contributed by atoms with E-state index in [2.05, 4.69) is 17.0 Å². The van der Waals surface area contributed by atoms with Gasteiger partial charge >= 0.3 is 0 Å². The first-order chi connectivity index (χ1) is 10.1. The zero-order valence-electron chi connectivity index (χ0n) is 12.7. The van der Waals surface area contributed by atoms with Crippen molar-refractivity contribution < 1.29 is 4.79 Å². The predicted octanol–water partition coefficient (Wildman–Crippen LogP) is 2.67. The number of anilines is 1. The van der Waals surface area contributed by atoms with E-state index in [9.17, 15) is 4.79 Å². The molecule has 1 fully saturated rings. The number of piperidine rings is 1. The Balaban J connectivity index is 2.14. The maximum Gasteiger partial charge on any atom is 0.264 e. The highest BCUT2D eigenvalue weighted by molar-refractivity contribution is 6.01. The van der Waals surface area contributed by atoms with Crippen molar-refractivity contribution in [3.8, 4) is 6.07 Å². The van der Waals surface area contributed by atoms with Crippen molar-refractivity contribution in [2.24, 2.45) is 0 Å². The molecule has 0 atom stereocenters. The molecule has 1 heterocycles. The lowest BCUT2D eigenvalue weighted by Gasteiger charge is -2.28. The summed E-state index contributed by atoms with van der Waals surface area (Å²) in [5.41, 5.74) is 2.25. The Labute approximate surface area is 126 Å². The van der Waals surface area contributed by atoms with Gasteiger partial charge in [-0.05, 0) is 43.0 Å². The Bertz CT molecular complexity index is 561. The normalized spacial score (nSPS) is 15.5. The molecule has 1 aliphatic heterocycles. The van der Waals surface area contributed by atoms with Crippen LogP contribution in [0.1, 0.15) is 24.8 Å². The maximum absolute atomic E-state index is 11.8. The zero-order valence-corrected chi connectivity index (χ0v) is 12.7. The number of amides is 1. The van der Waals surface area contributed by atoms with Crippen LogP contribution in [0.3, 0.4) is 0 Å². The number of benzene rings is 1. The fourth-order valence-corrected chi connectivity index (χ4v) is 2.48. The smallest absolute Gasteiger partial charge is 0.264 e. The van der Waals surface area contributed by atoms with Crippen molar-refractivity contribution in [1.29, 1.82) is 5.26 Å². The first-order valence-electron chi connectivity index (χ1n) is 7.30. The molecule has 1 aromatic carbocycles. The van der Waals surface area contributed by atoms with Crippen LogP contribution in [0, 0.1) is 11.3 Å². The van der Waals surface area contributed by atoms with Crippen LogP contribution in [0.2, 0.25) is 0 Å². The maximum atomic E-state index is 11.8. The summed E-state index contributed by atoms with van der Waals surface area (Å²) in [7, 11) is 3.29. The summed E-state index contributed by atoms with van der Waals surface area (Å²) in [5.74, 6) is -0.266. The van der Waals surface area contributed by atoms with Gasteiger partial charge in [0.05, 0.1) is 0 Å². The van der Waals surface area contributed by atoms with Crippen LogP contribution in [-0.2, 0) is 4.79 Å². The topological polar surface area (TPSA) is 47.3 Å². The number of hydrogen-bond donors (Lipinski definition) is 0. The molecule has 0 aromatic heterocycles. The van der Waals surface area contributed by atoms with Gasteiger partial charge in [0.25, 0.3) is 5.91 Å². The van der Waals surface area contributed by atoms with E-state index in [-0.39, 0.29) is 11.5 Å². The van der Waals surface area contributed by atoms with E-state index in [1.807, 2.05) is 18.2 Å². The van der Waals surface area contributed by atoms with Gasteiger partial charge in [0, 0.05) is 32.9 Å². The zero-order chi connectivity index (χ0) is 15.2. The lowest BCUT2D eigenvalue weighted by Crippen LogP contribution is -2.29. The summed E-state index contributed by atoms with van der Waals surface area (Å²) in [5, 5.41) is 9.09. The molecule has 0 radical (unpaired) electrons. The molecular formula is C17H21N3O. The van der Waals surface area contributed by atoms with Gasteiger partial charge in [-0.1, -0.05) is 12.1 Å². The third kappa shape index (κ3) is 3.85. The van der Waals surface area contributed by atoms with E-state index < -0.39 is 0 Å². The average Bonchev–Trinajstić information content (AvgIpc) is 2.53. The summed E-state index contributed by atoms with van der Waals surface area (Å²) in [4.78, 5) is 15.6. The van der Waals surface area contributed by atoms with Crippen molar-refractivity contribution in [1.82, 2.24) is 4.90 Å². The van der Waals surface area contributed by atoms with Gasteiger partial charge in [0.2, 0.25) is 0 Å². The van der Waals surface area contributed by atoms with Crippen LogP contribution in [-0.4, -0.2) is 38.0 Å². The van der Waals surface area contributed by atoms with Gasteiger partial charge in [-0.3, -0.25) is 4.79 Å². The second-order valence-electron chi connectivity index (χ2n) is 5.51. The molecule has 1 aliphatic rings. The molecule has 1 aromatic rings. The second-order valence-corrected chi connectivity index (χ2v) is 5.51. The van der Waals surface area contributed by atoms with E-state index in [4.69, 9.17) is 5.26 Å². The summed E-state index contributed by atoms with van der Waals surface area (Å²) in [6, 6.07) is 10.0. The second kappa shape index (κ2) is 6.94. The molecule has 110 valence electrons. The van der Waals surface area contributed by atoms with Crippen LogP contribution < -0.4 is 4.90 Å². The number of carbonyl (C=O) groups is 1. The van der Waals surface area contributed by atoms with Crippen LogP contribution in [0.4, 0.5) is 5.69 Å². The molecule has 0 saturated carbocycles. The number of nitrogens with zero attached hydrogens (tertiary/aromatic N) is 3. The van der Waals surface area contributed by atoms with Crippen LogP contribution in [0.25, 0.3) is 6.08 Å². The van der Waals surface area contributed by atoms with Crippen molar-refractivity contribution in [3.63, 3.8) is 0 Å². The highest BCUT2D eigenvalue weighted by Gasteiger charge is 2.12. The largest absolute Gasteiger partial charge is 0.372 e. The molecule has 0 unspecified atom stereocenters. The lowest BCUT2D eigenvalue weighted by atomic mass is 10.1. The van der Waals surface area contributed by atoms with E-state index in [1.165, 1.54) is 29.8 Å². The molecule has 1 amide bonds. The minimum absolute atomic E-state index is 0.158. The molecule has 4 heteroatoms. The van der Waals surface area contributed by atoms with Gasteiger partial charge in [-0.15, -0.1) is 0 Å². The summed E-state index contributed by atoms with van der Waals surface area (Å²) in [6.45, 7) is 2.22. The molecule has 0 bridgehead atoms. The Morgan fingerprint density at radius 2 is 1.81 bits per heavy atom. The molecular weight excluding hydrogens is 262 g/mol. The lowest BCUT2D eigenvalue weighted by molar-refractivity contribution is -0.124. The van der Waals surface area contributed by atoms with E-state index in [0.717, 1.165) is 18.7 Å². The minimum atomic E-state index is -0.266. The molecule has 4 nitrogen and oxygen atoms in total. The van der Waals surface area contributed by atoms with Crippen molar-refractivity contribution in [2.45, 2.75) is 19.3 Å². The number of carbonyl (C=O) groups excluding carboxylic acids is 1. The van der Waals surface area contributed by atoms with Crippen molar-refractivity contribution in [3.05, 3.63) is 35.4 Å². The van der Waals surface area contributed by atoms with E-state index >= 15 is 0 Å². The molecule has 0 aliphatic carbocycles. The molecule has 1 saturated heterocycles. The average molecular weight is 283 g/mol. The summed E-state index contributed by atoms with van der Waals surface area (Å²) in [6.07, 6.45) is 5.45. The first kappa shape index (κ1) is 15.1. The van der Waals surface area contributed by atoms with Crippen molar-refractivity contribution in [2.75, 3.05) is 32.1 Å². The SMILES string of the molecule is CN(C)C(=O)/C(C#N)=C/c1ccc(N2CCCCC2)cc1. The van der Waals surface area contributed by atoms with Crippen LogP contribution in [0.15, 0.2) is 29.8 Å². The molecule has 0 spiro atoms. The molecule has 0 N–H and O–H groups in total. The number of likely N-dealkylation sites (N-methyl/N-ethyl adjacent to an activating group) is 1. The van der Waals surface area contributed by atoms with Crippen LogP contribution in [0.5, 0.6) is 0 Å². The van der Waals surface area contributed by atoms with Gasteiger partial charge in [0.1, 0.15) is 11.6 Å². The summed E-state index contributed by atoms with van der Waals surface area (Å²) >= 11 is 0. The minimum Gasteiger partial charge on any atom is -0.372 e. The Morgan fingerprint density at radius 1 is 1.19 bits per heavy atom. The predicted molar refractivity (Wildman–Crippen MR) is 84.8 cm³/mol. The molecule has 21 heavy (non-hydrogen) atoms. The Hall–Kier alpha value is -2.28. The Morgan fingerprint density at radius 3 is 2.33 bits per heavy atom. The van der Waals surface area contributed by atoms with Gasteiger partial charge < -0.3 is 9.80 Å². The third-order valence-corrected chi connectivity index (χ3v) is 3.68. The van der Waals surface area contributed by atoms with Crippen LogP contribution >= 0.6 is 0 Å². The standard InChI is InChI=1S/C17H21N3O/c1-19(2)17(21)15(13-18)12-14-6-8-16(9-7-14)20-10-4-3-5-11-20/h6-9,12H,3-5,10-11H2,1-2H3/b15-12+. The van der Waals surface area contributed by atoms with Gasteiger partial charge in [-0.2, -0.15) is 5.26 Å². The van der Waals surface area contributed by atoms with E-state index in [1.54, 1.807) is 20.2 Å². The number of nitriles is 1. The monoisotopic (exact) mass is 283 g/mol. The number of rotatable bonds is 3. The van der Waals surface area contributed by atoms with Gasteiger partial charge in [0.15, 0.2) is 0 Å². The van der Waals surface area contributed by atoms with Gasteiger partial charge in [-0.25, -0.2) is 0 Å². The summed E-state index contributed by atoms with van der Waals surface area (Å²) < 4.78 is 0. The molecule has 2 rings (SSSR count). The fourth-order valence-electron chi connectivity index (χ4n) is 2.48. The highest BCUT2D eigenvalue weighted by Crippen LogP contribution is 2.21. The quantitative estimate of drug-likeness (QED) is 0.633. The number of hydrogen-bond acceptors (Lipinski definition) is 3. The first-order valence-corrected chi connectivity index (χ1v) is 7.30. The Kier molecular flexibility index (Phi) is 4.99. The fraction of sp³-hybridized carbons (Fsp3) is 0.412. The van der Waals surface area contributed by atoms with E-state index in [0.29, 0.717) is 0 Å². The van der Waals surface area contributed by atoms with Crippen molar-refractivity contribution >= 4 is 17.7 Å². The third-order valence-electron chi connectivity index (χ3n) is 3.68. The highest BCUT2D eigenvalue weighted by atomic mass is 16.2.